The van der Waals surface area contributed by atoms with Crippen molar-refractivity contribution in [2.45, 2.75) is 0 Å². The zero-order chi connectivity index (χ0) is 33.9. The number of Topliss-reactive ketones (excluding diaryl/α,β-unsaturated/α-hetero) is 2. The van der Waals surface area contributed by atoms with E-state index in [-0.39, 0.29) is 34.2 Å². The number of hydrogen-bond acceptors (Lipinski definition) is 8. The third kappa shape index (κ3) is 6.31. The summed E-state index contributed by atoms with van der Waals surface area (Å²) in [5.74, 6) is -3.02. The van der Waals surface area contributed by atoms with Gasteiger partial charge in [-0.25, -0.2) is 0 Å². The highest BCUT2D eigenvalue weighted by molar-refractivity contribution is 7.81. The Bertz CT molecular complexity index is 1900. The van der Waals surface area contributed by atoms with Gasteiger partial charge < -0.3 is 10.6 Å². The van der Waals surface area contributed by atoms with E-state index in [1.165, 1.54) is 9.80 Å². The zero-order valence-electron chi connectivity index (χ0n) is 24.9. The Hall–Kier alpha value is -5.00. The lowest BCUT2D eigenvalue weighted by Crippen LogP contribution is -2.30. The highest BCUT2D eigenvalue weighted by Crippen LogP contribution is 2.32. The molecule has 0 spiro atoms. The van der Waals surface area contributed by atoms with Crippen LogP contribution in [0.4, 0.5) is 11.4 Å². The summed E-state index contributed by atoms with van der Waals surface area (Å²) in [6, 6.07) is 31.0. The van der Waals surface area contributed by atoms with Crippen LogP contribution in [-0.4, -0.2) is 46.4 Å². The summed E-state index contributed by atoms with van der Waals surface area (Å²) >= 11 is 23.7. The molecule has 0 radical (unpaired) electrons. The highest BCUT2D eigenvalue weighted by atomic mass is 35.5. The van der Waals surface area contributed by atoms with Crippen molar-refractivity contribution in [3.63, 3.8) is 0 Å². The number of rotatable bonds is 9. The summed E-state index contributed by atoms with van der Waals surface area (Å²) in [5.41, 5.74) is 2.90. The minimum Gasteiger partial charge on any atom is -0.382 e. The van der Waals surface area contributed by atoms with Gasteiger partial charge in [-0.15, -0.1) is 0 Å². The molecule has 8 nitrogen and oxygen atoms in total. The molecule has 2 amide bonds. The first-order chi connectivity index (χ1) is 23.2. The lowest BCUT2D eigenvalue weighted by atomic mass is 10.0. The number of para-hydroxylation sites is 2. The molecule has 0 unspecified atom stereocenters. The van der Waals surface area contributed by atoms with Crippen LogP contribution in [0.15, 0.2) is 120 Å². The molecule has 238 valence electrons. The molecule has 2 fully saturated rings. The average Bonchev–Trinajstić information content (AvgIpc) is 3.45. The quantitative estimate of drug-likeness (QED) is 0.0920. The van der Waals surface area contributed by atoms with Crippen LogP contribution in [0.25, 0.3) is 11.4 Å². The number of carbonyl (C=O) groups excluding carboxylic acids is 4. The third-order valence-corrected chi connectivity index (χ3v) is 8.88. The summed E-state index contributed by atoms with van der Waals surface area (Å²) in [6.45, 7) is 0.386. The van der Waals surface area contributed by atoms with Gasteiger partial charge in [0.25, 0.3) is 11.6 Å². The van der Waals surface area contributed by atoms with Gasteiger partial charge in [0.2, 0.25) is 0 Å². The fourth-order valence-corrected chi connectivity index (χ4v) is 6.38. The Morgan fingerprint density at radius 3 is 1.19 bits per heavy atom. The molecule has 0 bridgehead atoms. The van der Waals surface area contributed by atoms with Gasteiger partial charge in [-0.2, -0.15) is 0 Å². The number of nitrogens with one attached hydrogen (secondary N) is 2. The second-order valence-electron chi connectivity index (χ2n) is 10.6. The van der Waals surface area contributed by atoms with E-state index in [2.05, 4.69) is 10.6 Å². The van der Waals surface area contributed by atoms with Crippen LogP contribution in [0, 0.1) is 0 Å². The maximum Gasteiger partial charge on any atom is 0.304 e. The van der Waals surface area contributed by atoms with Crippen LogP contribution < -0.4 is 20.4 Å². The van der Waals surface area contributed by atoms with Gasteiger partial charge in [-0.1, -0.05) is 108 Å². The summed E-state index contributed by atoms with van der Waals surface area (Å²) in [6.07, 6.45) is 0. The second kappa shape index (κ2) is 14.0. The number of halogens is 2. The van der Waals surface area contributed by atoms with E-state index in [1.807, 2.05) is 0 Å². The van der Waals surface area contributed by atoms with Gasteiger partial charge in [0.15, 0.2) is 0 Å². The van der Waals surface area contributed by atoms with Gasteiger partial charge in [0.1, 0.15) is 9.98 Å². The molecule has 12 heteroatoms. The minimum atomic E-state index is -0.761. The molecule has 6 rings (SSSR count). The normalized spacial score (nSPS) is 17.0. The van der Waals surface area contributed by atoms with Gasteiger partial charge in [-0.05, 0) is 59.7 Å². The van der Waals surface area contributed by atoms with Gasteiger partial charge in [0.05, 0.1) is 33.9 Å². The van der Waals surface area contributed by atoms with E-state index in [0.29, 0.717) is 43.9 Å². The number of hydrogen-bond donors (Lipinski definition) is 2. The van der Waals surface area contributed by atoms with E-state index in [0.717, 1.165) is 0 Å². The minimum absolute atomic E-state index is 0.0497. The van der Waals surface area contributed by atoms with Crippen LogP contribution >= 0.6 is 47.6 Å². The monoisotopic (exact) mass is 710 g/mol. The van der Waals surface area contributed by atoms with Crippen LogP contribution in [0.1, 0.15) is 11.1 Å². The number of benzene rings is 4. The van der Waals surface area contributed by atoms with Gasteiger partial charge in [0, 0.05) is 23.1 Å². The molecule has 0 saturated carbocycles. The predicted molar refractivity (Wildman–Crippen MR) is 196 cm³/mol. The van der Waals surface area contributed by atoms with E-state index in [4.69, 9.17) is 47.6 Å². The number of ketones is 2. The molecule has 4 aromatic carbocycles. The SMILES string of the molecule is O=C1C(=O)N(c2ccccc2)C(=S)/C1=C(\NCCN/C(=C1/C(=O)C(=O)N(c2ccccc2)C1=S)c1ccc(Cl)cc1)c1ccc(Cl)cc1. The first kappa shape index (κ1) is 32.9. The Labute approximate surface area is 296 Å². The molecule has 2 aliphatic heterocycles. The molecule has 0 aromatic heterocycles. The smallest absolute Gasteiger partial charge is 0.304 e. The summed E-state index contributed by atoms with van der Waals surface area (Å²) in [7, 11) is 0. The van der Waals surface area contributed by atoms with Crippen LogP contribution in [-0.2, 0) is 19.2 Å². The second-order valence-corrected chi connectivity index (χ2v) is 12.2. The standard InChI is InChI=1S/C36H24Cl2N4O4S2/c37-23-15-11-21(12-16-23)29(27-31(43)33(45)41(35(27)47)25-7-3-1-4-8-25)39-19-20-40-30(22-13-17-24(38)18-14-22)28-32(44)34(46)42(36(28)48)26-9-5-2-6-10-26/h1-18,39-40H,19-20H2/b29-27-,30-28-. The van der Waals surface area contributed by atoms with Crippen LogP contribution in [0.5, 0.6) is 0 Å². The summed E-state index contributed by atoms with van der Waals surface area (Å²) in [5, 5.41) is 7.52. The lowest BCUT2D eigenvalue weighted by Gasteiger charge is -2.19. The maximum absolute atomic E-state index is 13.4. The van der Waals surface area contributed by atoms with Crippen LogP contribution in [0.3, 0.4) is 0 Å². The topological polar surface area (TPSA) is 98.8 Å². The highest BCUT2D eigenvalue weighted by Gasteiger charge is 2.43. The maximum atomic E-state index is 13.4. The molecule has 4 aromatic rings. The Balaban J connectivity index is 1.33. The fourth-order valence-electron chi connectivity index (χ4n) is 5.36. The van der Waals surface area contributed by atoms with Crippen molar-refractivity contribution >= 4 is 104 Å². The van der Waals surface area contributed by atoms with Crippen molar-refractivity contribution in [1.82, 2.24) is 10.6 Å². The zero-order valence-corrected chi connectivity index (χ0v) is 28.1. The Kier molecular flexibility index (Phi) is 9.61. The summed E-state index contributed by atoms with van der Waals surface area (Å²) < 4.78 is 0. The molecule has 2 heterocycles. The molecular weight excluding hydrogens is 687 g/mol. The largest absolute Gasteiger partial charge is 0.382 e. The fraction of sp³-hybridized carbons (Fsp3) is 0.0556. The number of anilines is 2. The van der Waals surface area contributed by atoms with Crippen molar-refractivity contribution in [3.8, 4) is 0 Å². The Morgan fingerprint density at radius 1 is 0.521 bits per heavy atom. The molecule has 2 aliphatic rings. The first-order valence-electron chi connectivity index (χ1n) is 14.6. The summed E-state index contributed by atoms with van der Waals surface area (Å²) in [4.78, 5) is 55.8. The lowest BCUT2D eigenvalue weighted by molar-refractivity contribution is -0.132. The van der Waals surface area contributed by atoms with Crippen molar-refractivity contribution in [2.75, 3.05) is 22.9 Å². The van der Waals surface area contributed by atoms with Crippen molar-refractivity contribution in [2.24, 2.45) is 0 Å². The Morgan fingerprint density at radius 2 is 0.854 bits per heavy atom. The molecule has 0 atom stereocenters. The number of thiocarbonyl (C=S) groups is 2. The number of amides is 2. The number of nitrogens with zero attached hydrogens (tertiary/aromatic N) is 2. The van der Waals surface area contributed by atoms with E-state index < -0.39 is 23.4 Å². The predicted octanol–water partition coefficient (Wildman–Crippen LogP) is 6.18. The van der Waals surface area contributed by atoms with E-state index in [1.54, 1.807) is 109 Å². The van der Waals surface area contributed by atoms with Gasteiger partial charge in [-0.3, -0.25) is 29.0 Å². The average molecular weight is 712 g/mol. The van der Waals surface area contributed by atoms with Crippen molar-refractivity contribution < 1.29 is 19.2 Å². The molecule has 48 heavy (non-hydrogen) atoms. The number of carbonyl (C=O) groups is 4. The van der Waals surface area contributed by atoms with E-state index in [9.17, 15) is 19.2 Å². The van der Waals surface area contributed by atoms with E-state index >= 15 is 0 Å². The molecule has 0 aliphatic carbocycles. The molecule has 2 N–H and O–H groups in total. The van der Waals surface area contributed by atoms with Crippen molar-refractivity contribution in [3.05, 3.63) is 142 Å². The third-order valence-electron chi connectivity index (χ3n) is 7.61. The first-order valence-corrected chi connectivity index (χ1v) is 16.2. The molecule has 2 saturated heterocycles. The van der Waals surface area contributed by atoms with Gasteiger partial charge >= 0.3 is 11.8 Å². The van der Waals surface area contributed by atoms with Crippen LogP contribution in [0.2, 0.25) is 10.0 Å². The van der Waals surface area contributed by atoms with Crippen molar-refractivity contribution in [1.29, 1.82) is 0 Å². The molecular formula is C36H24Cl2N4O4S2.